The number of para-hydroxylation sites is 1. The Kier molecular flexibility index (Phi) is 5.37. The fraction of sp³-hybridized carbons (Fsp3) is 0.350. The summed E-state index contributed by atoms with van der Waals surface area (Å²) in [5, 5.41) is 0. The molecular formula is C20H25NO. The molecule has 0 saturated heterocycles. The molecule has 2 rings (SSSR count). The molecule has 0 fully saturated rings. The molecule has 0 aliphatic heterocycles. The van der Waals surface area contributed by atoms with Gasteiger partial charge in [-0.05, 0) is 42.5 Å². The van der Waals surface area contributed by atoms with E-state index >= 15 is 0 Å². The van der Waals surface area contributed by atoms with Crippen LogP contribution in [0, 0.1) is 5.92 Å². The van der Waals surface area contributed by atoms with Crippen molar-refractivity contribution in [1.29, 1.82) is 0 Å². The summed E-state index contributed by atoms with van der Waals surface area (Å²) in [6.45, 7) is 6.41. The summed E-state index contributed by atoms with van der Waals surface area (Å²) in [5.41, 5.74) is 3.32. The van der Waals surface area contributed by atoms with Crippen molar-refractivity contribution in [2.75, 3.05) is 11.9 Å². The summed E-state index contributed by atoms with van der Waals surface area (Å²) in [5.74, 6) is 0.621. The van der Waals surface area contributed by atoms with Crippen molar-refractivity contribution in [3.05, 3.63) is 65.7 Å². The third kappa shape index (κ3) is 3.97. The summed E-state index contributed by atoms with van der Waals surface area (Å²) in [4.78, 5) is 14.4. The van der Waals surface area contributed by atoms with E-state index in [1.807, 2.05) is 44.3 Å². The van der Waals surface area contributed by atoms with Gasteiger partial charge in [0.2, 0.25) is 5.91 Å². The van der Waals surface area contributed by atoms with Crippen LogP contribution in [-0.2, 0) is 11.2 Å². The number of amides is 1. The molecule has 2 aromatic rings. The highest BCUT2D eigenvalue weighted by Gasteiger charge is 2.20. The molecule has 2 nitrogen and oxygen atoms in total. The fourth-order valence-electron chi connectivity index (χ4n) is 2.63. The minimum absolute atomic E-state index is 0.114. The van der Waals surface area contributed by atoms with Crippen LogP contribution in [0.15, 0.2) is 54.6 Å². The molecule has 0 saturated carbocycles. The lowest BCUT2D eigenvalue weighted by Crippen LogP contribution is -2.30. The molecule has 0 aliphatic carbocycles. The number of anilines is 1. The van der Waals surface area contributed by atoms with Crippen LogP contribution in [-0.4, -0.2) is 13.0 Å². The molecule has 0 aliphatic rings. The van der Waals surface area contributed by atoms with Gasteiger partial charge in [-0.3, -0.25) is 4.79 Å². The predicted octanol–water partition coefficient (Wildman–Crippen LogP) is 4.65. The fourth-order valence-corrected chi connectivity index (χ4v) is 2.63. The summed E-state index contributed by atoms with van der Waals surface area (Å²) in [6.07, 6.45) is 1.08. The number of rotatable bonds is 5. The van der Waals surface area contributed by atoms with Gasteiger partial charge < -0.3 is 4.90 Å². The third-order valence-corrected chi connectivity index (χ3v) is 3.97. The van der Waals surface area contributed by atoms with Crippen molar-refractivity contribution in [3.63, 3.8) is 0 Å². The lowest BCUT2D eigenvalue weighted by molar-refractivity contribution is -0.119. The molecule has 2 aromatic carbocycles. The van der Waals surface area contributed by atoms with Gasteiger partial charge in [-0.15, -0.1) is 0 Å². The van der Waals surface area contributed by atoms with Gasteiger partial charge in [0.15, 0.2) is 0 Å². The minimum Gasteiger partial charge on any atom is -0.315 e. The first-order valence-corrected chi connectivity index (χ1v) is 7.90. The van der Waals surface area contributed by atoms with E-state index in [0.717, 1.165) is 17.7 Å². The zero-order valence-corrected chi connectivity index (χ0v) is 13.9. The average molecular weight is 295 g/mol. The predicted molar refractivity (Wildman–Crippen MR) is 93.3 cm³/mol. The van der Waals surface area contributed by atoms with E-state index in [0.29, 0.717) is 5.92 Å². The van der Waals surface area contributed by atoms with Gasteiger partial charge in [-0.2, -0.15) is 0 Å². The molecule has 0 heterocycles. The minimum atomic E-state index is -0.140. The van der Waals surface area contributed by atoms with E-state index in [1.165, 1.54) is 5.56 Å². The standard InChI is InChI=1S/C20H25NO/c1-15(2)14-17-10-12-18(13-11-17)16(3)20(22)21(4)19-8-6-5-7-9-19/h5-13,15-16H,14H2,1-4H3/t16-/m1/s1. The molecule has 22 heavy (non-hydrogen) atoms. The summed E-state index contributed by atoms with van der Waals surface area (Å²) in [7, 11) is 1.83. The van der Waals surface area contributed by atoms with E-state index in [9.17, 15) is 4.79 Å². The number of carbonyl (C=O) groups excluding carboxylic acids is 1. The highest BCUT2D eigenvalue weighted by molar-refractivity contribution is 5.97. The summed E-state index contributed by atoms with van der Waals surface area (Å²) >= 11 is 0. The van der Waals surface area contributed by atoms with Gasteiger partial charge in [0.1, 0.15) is 0 Å². The average Bonchev–Trinajstić information content (AvgIpc) is 2.54. The SMILES string of the molecule is CC(C)Cc1ccc([C@@H](C)C(=O)N(C)c2ccccc2)cc1. The smallest absolute Gasteiger partial charge is 0.233 e. The van der Waals surface area contributed by atoms with E-state index in [2.05, 4.69) is 38.1 Å². The van der Waals surface area contributed by atoms with Crippen molar-refractivity contribution in [2.45, 2.75) is 33.1 Å². The second kappa shape index (κ2) is 7.26. The molecule has 0 N–H and O–H groups in total. The Balaban J connectivity index is 2.10. The molecule has 1 amide bonds. The van der Waals surface area contributed by atoms with Gasteiger partial charge in [0.05, 0.1) is 5.92 Å². The van der Waals surface area contributed by atoms with Crippen LogP contribution in [0.2, 0.25) is 0 Å². The van der Waals surface area contributed by atoms with Crippen LogP contribution in [0.1, 0.15) is 37.8 Å². The van der Waals surface area contributed by atoms with Gasteiger partial charge in [-0.1, -0.05) is 56.3 Å². The lowest BCUT2D eigenvalue weighted by atomic mass is 9.96. The molecule has 0 aromatic heterocycles. The monoisotopic (exact) mass is 295 g/mol. The highest BCUT2D eigenvalue weighted by atomic mass is 16.2. The lowest BCUT2D eigenvalue weighted by Gasteiger charge is -2.22. The Hall–Kier alpha value is -2.09. The molecule has 0 radical (unpaired) electrons. The molecule has 116 valence electrons. The van der Waals surface area contributed by atoms with Crippen LogP contribution in [0.25, 0.3) is 0 Å². The maximum absolute atomic E-state index is 12.6. The first-order valence-electron chi connectivity index (χ1n) is 7.90. The number of likely N-dealkylation sites (N-methyl/N-ethyl adjacent to an activating group) is 1. The number of benzene rings is 2. The van der Waals surface area contributed by atoms with Crippen molar-refractivity contribution >= 4 is 11.6 Å². The molecule has 0 spiro atoms. The van der Waals surface area contributed by atoms with Gasteiger partial charge in [0, 0.05) is 12.7 Å². The van der Waals surface area contributed by atoms with Crippen molar-refractivity contribution in [3.8, 4) is 0 Å². The van der Waals surface area contributed by atoms with E-state index in [-0.39, 0.29) is 11.8 Å². The van der Waals surface area contributed by atoms with Crippen LogP contribution < -0.4 is 4.90 Å². The number of nitrogens with zero attached hydrogens (tertiary/aromatic N) is 1. The zero-order valence-electron chi connectivity index (χ0n) is 13.9. The first kappa shape index (κ1) is 16.3. The molecular weight excluding hydrogens is 270 g/mol. The Bertz CT molecular complexity index is 601. The number of hydrogen-bond donors (Lipinski definition) is 0. The molecule has 1 atom stereocenters. The van der Waals surface area contributed by atoms with Crippen LogP contribution in [0.4, 0.5) is 5.69 Å². The summed E-state index contributed by atoms with van der Waals surface area (Å²) in [6, 6.07) is 18.2. The van der Waals surface area contributed by atoms with Crippen LogP contribution >= 0.6 is 0 Å². The Morgan fingerprint density at radius 3 is 2.09 bits per heavy atom. The van der Waals surface area contributed by atoms with Crippen molar-refractivity contribution in [2.24, 2.45) is 5.92 Å². The molecule has 0 bridgehead atoms. The largest absolute Gasteiger partial charge is 0.315 e. The molecule has 0 unspecified atom stereocenters. The normalized spacial score (nSPS) is 12.2. The first-order chi connectivity index (χ1) is 10.5. The van der Waals surface area contributed by atoms with Crippen molar-refractivity contribution < 1.29 is 4.79 Å². The summed E-state index contributed by atoms with van der Waals surface area (Å²) < 4.78 is 0. The number of carbonyl (C=O) groups is 1. The van der Waals surface area contributed by atoms with Gasteiger partial charge in [-0.25, -0.2) is 0 Å². The Morgan fingerprint density at radius 2 is 1.55 bits per heavy atom. The topological polar surface area (TPSA) is 20.3 Å². The molecule has 2 heteroatoms. The van der Waals surface area contributed by atoms with Gasteiger partial charge >= 0.3 is 0 Å². The van der Waals surface area contributed by atoms with Crippen LogP contribution in [0.3, 0.4) is 0 Å². The maximum Gasteiger partial charge on any atom is 0.233 e. The third-order valence-electron chi connectivity index (χ3n) is 3.97. The van der Waals surface area contributed by atoms with E-state index in [4.69, 9.17) is 0 Å². The Morgan fingerprint density at radius 1 is 0.955 bits per heavy atom. The quantitative estimate of drug-likeness (QED) is 0.786. The van der Waals surface area contributed by atoms with Crippen LogP contribution in [0.5, 0.6) is 0 Å². The Labute approximate surface area is 133 Å². The second-order valence-electron chi connectivity index (χ2n) is 6.29. The van der Waals surface area contributed by atoms with Gasteiger partial charge in [0.25, 0.3) is 0 Å². The zero-order chi connectivity index (χ0) is 16.1. The highest BCUT2D eigenvalue weighted by Crippen LogP contribution is 2.22. The van der Waals surface area contributed by atoms with E-state index < -0.39 is 0 Å². The van der Waals surface area contributed by atoms with Crippen molar-refractivity contribution in [1.82, 2.24) is 0 Å². The maximum atomic E-state index is 12.6. The number of hydrogen-bond acceptors (Lipinski definition) is 1. The second-order valence-corrected chi connectivity index (χ2v) is 6.29. The van der Waals surface area contributed by atoms with E-state index in [1.54, 1.807) is 4.90 Å².